The smallest absolute Gasteiger partial charge is 0.270 e. The number of carbonyl (C=O) groups excluding carboxylic acids is 2. The number of amides is 2. The molecule has 0 aliphatic carbocycles. The molecule has 4 rings (SSSR count). The molecule has 4 aromatic rings. The summed E-state index contributed by atoms with van der Waals surface area (Å²) in [5, 5.41) is 14.6. The van der Waals surface area contributed by atoms with Crippen LogP contribution in [0, 0.1) is 10.1 Å². The van der Waals surface area contributed by atoms with E-state index in [-0.39, 0.29) is 23.5 Å². The van der Waals surface area contributed by atoms with Crippen molar-refractivity contribution in [3.05, 3.63) is 105 Å². The largest absolute Gasteiger partial charge is 0.334 e. The summed E-state index contributed by atoms with van der Waals surface area (Å²) in [4.78, 5) is 38.3. The molecule has 8 heteroatoms. The lowest BCUT2D eigenvalue weighted by molar-refractivity contribution is -0.384. The van der Waals surface area contributed by atoms with Gasteiger partial charge in [-0.05, 0) is 48.9 Å². The van der Waals surface area contributed by atoms with E-state index in [0.29, 0.717) is 21.5 Å². The van der Waals surface area contributed by atoms with E-state index in [1.54, 1.807) is 54.4 Å². The lowest BCUT2D eigenvalue weighted by Crippen LogP contribution is -2.29. The Bertz CT molecular complexity index is 1350. The third-order valence-corrected chi connectivity index (χ3v) is 6.59. The number of fused-ring (bicyclic) bond motifs is 1. The van der Waals surface area contributed by atoms with E-state index >= 15 is 0 Å². The van der Waals surface area contributed by atoms with Gasteiger partial charge in [0.2, 0.25) is 0 Å². The molecule has 1 N–H and O–H groups in total. The molecule has 0 spiro atoms. The van der Waals surface area contributed by atoms with E-state index < -0.39 is 4.92 Å². The van der Waals surface area contributed by atoms with Crippen LogP contribution in [-0.4, -0.2) is 28.7 Å². The fourth-order valence-corrected chi connectivity index (χ4v) is 4.52. The van der Waals surface area contributed by atoms with Crippen molar-refractivity contribution in [1.82, 2.24) is 4.90 Å². The highest BCUT2D eigenvalue weighted by molar-refractivity contribution is 7.20. The number of carbonyl (C=O) groups is 2. The van der Waals surface area contributed by atoms with E-state index in [0.717, 1.165) is 10.3 Å². The van der Waals surface area contributed by atoms with Gasteiger partial charge in [0, 0.05) is 40.5 Å². The second kappa shape index (κ2) is 9.22. The van der Waals surface area contributed by atoms with Gasteiger partial charge in [-0.3, -0.25) is 19.7 Å². The quantitative estimate of drug-likeness (QED) is 0.287. The Kier molecular flexibility index (Phi) is 6.19. The SMILES string of the molecule is CC(c1cccc(NC(=O)c2ccccc2)c1)N(C)C(=O)c1cc2cc([N+](=O)[O-])ccc2s1. The van der Waals surface area contributed by atoms with Gasteiger partial charge in [-0.15, -0.1) is 11.3 Å². The molecule has 0 bridgehead atoms. The second-order valence-electron chi connectivity index (χ2n) is 7.63. The summed E-state index contributed by atoms with van der Waals surface area (Å²) in [6, 6.07) is 22.4. The minimum atomic E-state index is -0.448. The highest BCUT2D eigenvalue weighted by atomic mass is 32.1. The highest BCUT2D eigenvalue weighted by Gasteiger charge is 2.22. The fraction of sp³-hybridized carbons (Fsp3) is 0.120. The molecular formula is C25H21N3O4S. The van der Waals surface area contributed by atoms with E-state index in [9.17, 15) is 19.7 Å². The molecule has 0 radical (unpaired) electrons. The number of nitro groups is 1. The summed E-state index contributed by atoms with van der Waals surface area (Å²) in [5.74, 6) is -0.380. The van der Waals surface area contributed by atoms with Gasteiger partial charge in [0.05, 0.1) is 15.8 Å². The Labute approximate surface area is 194 Å². The first kappa shape index (κ1) is 22.2. The van der Waals surface area contributed by atoms with Crippen LogP contribution in [0.15, 0.2) is 78.9 Å². The Balaban J connectivity index is 1.51. The number of benzene rings is 3. The Morgan fingerprint density at radius 1 is 1.00 bits per heavy atom. The minimum Gasteiger partial charge on any atom is -0.334 e. The maximum atomic E-state index is 13.1. The molecule has 0 aliphatic heterocycles. The third-order valence-electron chi connectivity index (χ3n) is 5.49. The van der Waals surface area contributed by atoms with E-state index in [4.69, 9.17) is 0 Å². The van der Waals surface area contributed by atoms with Gasteiger partial charge in [-0.1, -0.05) is 30.3 Å². The molecule has 33 heavy (non-hydrogen) atoms. The van der Waals surface area contributed by atoms with Gasteiger partial charge in [0.25, 0.3) is 17.5 Å². The van der Waals surface area contributed by atoms with Crippen molar-refractivity contribution >= 4 is 44.6 Å². The summed E-state index contributed by atoms with van der Waals surface area (Å²) in [5.41, 5.74) is 2.07. The molecular weight excluding hydrogens is 438 g/mol. The number of hydrogen-bond donors (Lipinski definition) is 1. The molecule has 0 aliphatic rings. The third kappa shape index (κ3) is 4.75. The maximum absolute atomic E-state index is 13.1. The van der Waals surface area contributed by atoms with Gasteiger partial charge >= 0.3 is 0 Å². The number of nitrogens with zero attached hydrogens (tertiary/aromatic N) is 2. The van der Waals surface area contributed by atoms with Gasteiger partial charge < -0.3 is 10.2 Å². The zero-order chi connectivity index (χ0) is 23.5. The fourth-order valence-electron chi connectivity index (χ4n) is 3.49. The van der Waals surface area contributed by atoms with Crippen molar-refractivity contribution in [3.63, 3.8) is 0 Å². The van der Waals surface area contributed by atoms with Crippen molar-refractivity contribution in [2.24, 2.45) is 0 Å². The average Bonchev–Trinajstić information content (AvgIpc) is 3.26. The number of thiophene rings is 1. The Morgan fingerprint density at radius 3 is 2.48 bits per heavy atom. The monoisotopic (exact) mass is 459 g/mol. The van der Waals surface area contributed by atoms with Crippen molar-refractivity contribution < 1.29 is 14.5 Å². The molecule has 2 amide bonds. The Morgan fingerprint density at radius 2 is 1.76 bits per heavy atom. The number of nitrogens with one attached hydrogen (secondary N) is 1. The van der Waals surface area contributed by atoms with Crippen LogP contribution in [0.2, 0.25) is 0 Å². The molecule has 0 saturated heterocycles. The summed E-state index contributed by atoms with van der Waals surface area (Å²) in [7, 11) is 1.72. The van der Waals surface area contributed by atoms with Crippen LogP contribution >= 0.6 is 11.3 Å². The van der Waals surface area contributed by atoms with Crippen LogP contribution < -0.4 is 5.32 Å². The molecule has 166 valence electrons. The highest BCUT2D eigenvalue weighted by Crippen LogP contribution is 2.31. The van der Waals surface area contributed by atoms with E-state index in [1.807, 2.05) is 31.2 Å². The number of hydrogen-bond acceptors (Lipinski definition) is 5. The number of rotatable bonds is 6. The first-order valence-corrected chi connectivity index (χ1v) is 11.1. The minimum absolute atomic E-state index is 0.00427. The molecule has 3 aromatic carbocycles. The summed E-state index contributed by atoms with van der Waals surface area (Å²) >= 11 is 1.31. The summed E-state index contributed by atoms with van der Waals surface area (Å²) < 4.78 is 0.815. The van der Waals surface area contributed by atoms with Gasteiger partial charge in [0.15, 0.2) is 0 Å². The van der Waals surface area contributed by atoms with Gasteiger partial charge in [-0.2, -0.15) is 0 Å². The van der Waals surface area contributed by atoms with Gasteiger partial charge in [0.1, 0.15) is 0 Å². The lowest BCUT2D eigenvalue weighted by atomic mass is 10.1. The predicted octanol–water partition coefficient (Wildman–Crippen LogP) is 5.90. The molecule has 1 aromatic heterocycles. The van der Waals surface area contributed by atoms with E-state index in [1.165, 1.54) is 23.5 Å². The molecule has 0 fully saturated rings. The lowest BCUT2D eigenvalue weighted by Gasteiger charge is -2.25. The van der Waals surface area contributed by atoms with Crippen LogP contribution in [0.25, 0.3) is 10.1 Å². The molecule has 7 nitrogen and oxygen atoms in total. The molecule has 1 unspecified atom stereocenters. The van der Waals surface area contributed by atoms with Crippen LogP contribution in [0.4, 0.5) is 11.4 Å². The van der Waals surface area contributed by atoms with Crippen molar-refractivity contribution in [2.75, 3.05) is 12.4 Å². The number of nitro benzene ring substituents is 1. The number of non-ortho nitro benzene ring substituents is 1. The van der Waals surface area contributed by atoms with Crippen LogP contribution in [0.5, 0.6) is 0 Å². The van der Waals surface area contributed by atoms with E-state index in [2.05, 4.69) is 5.32 Å². The molecule has 0 saturated carbocycles. The van der Waals surface area contributed by atoms with Crippen LogP contribution in [0.3, 0.4) is 0 Å². The summed E-state index contributed by atoms with van der Waals surface area (Å²) in [6.07, 6.45) is 0. The normalized spacial score (nSPS) is 11.7. The first-order chi connectivity index (χ1) is 15.8. The topological polar surface area (TPSA) is 92.6 Å². The van der Waals surface area contributed by atoms with Crippen LogP contribution in [0.1, 0.15) is 38.6 Å². The van der Waals surface area contributed by atoms with Crippen molar-refractivity contribution in [1.29, 1.82) is 0 Å². The van der Waals surface area contributed by atoms with Gasteiger partial charge in [-0.25, -0.2) is 0 Å². The predicted molar refractivity (Wildman–Crippen MR) is 130 cm³/mol. The Hall–Kier alpha value is -4.04. The maximum Gasteiger partial charge on any atom is 0.270 e. The summed E-state index contributed by atoms with van der Waals surface area (Å²) in [6.45, 7) is 1.91. The van der Waals surface area contributed by atoms with Crippen LogP contribution in [-0.2, 0) is 0 Å². The second-order valence-corrected chi connectivity index (χ2v) is 8.71. The average molecular weight is 460 g/mol. The van der Waals surface area contributed by atoms with Crippen molar-refractivity contribution in [2.45, 2.75) is 13.0 Å². The van der Waals surface area contributed by atoms with Crippen molar-refractivity contribution in [3.8, 4) is 0 Å². The molecule has 1 heterocycles. The standard InChI is InChI=1S/C25H21N3O4S/c1-16(18-9-6-10-20(13-18)26-24(29)17-7-4-3-5-8-17)27(2)25(30)23-15-19-14-21(28(31)32)11-12-22(19)33-23/h3-16H,1-2H3,(H,26,29). The molecule has 1 atom stereocenters. The number of anilines is 1. The first-order valence-electron chi connectivity index (χ1n) is 10.2. The zero-order valence-corrected chi connectivity index (χ0v) is 18.8. The zero-order valence-electron chi connectivity index (χ0n) is 18.0.